The summed E-state index contributed by atoms with van der Waals surface area (Å²) in [6.07, 6.45) is 2.19. The van der Waals surface area contributed by atoms with Gasteiger partial charge in [-0.1, -0.05) is 0 Å². The molecular formula is C4H9Cl3Ge. The van der Waals surface area contributed by atoms with Crippen molar-refractivity contribution in [3.63, 3.8) is 0 Å². The van der Waals surface area contributed by atoms with Crippen LogP contribution in [0.1, 0.15) is 19.8 Å². The summed E-state index contributed by atoms with van der Waals surface area (Å²) in [5.74, 6) is 0. The van der Waals surface area contributed by atoms with E-state index >= 15 is 0 Å². The summed E-state index contributed by atoms with van der Waals surface area (Å²) in [5.41, 5.74) is 0. The fraction of sp³-hybridized carbons (Fsp3) is 1.00. The van der Waals surface area contributed by atoms with Gasteiger partial charge in [0.25, 0.3) is 0 Å². The summed E-state index contributed by atoms with van der Waals surface area (Å²) in [7, 11) is 14.2. The van der Waals surface area contributed by atoms with Crippen LogP contribution in [0.4, 0.5) is 0 Å². The van der Waals surface area contributed by atoms with E-state index in [1.807, 2.05) is 0 Å². The maximum absolute atomic E-state index is 5.63. The molecule has 0 rings (SSSR count). The molecule has 50 valence electrons. The minimum absolute atomic E-state index is 0.848. The summed E-state index contributed by atoms with van der Waals surface area (Å²) >= 11 is 0. The molecule has 0 aliphatic rings. The van der Waals surface area contributed by atoms with Gasteiger partial charge in [-0.05, 0) is 0 Å². The van der Waals surface area contributed by atoms with E-state index in [2.05, 4.69) is 6.92 Å². The van der Waals surface area contributed by atoms with Crippen LogP contribution in [0.3, 0.4) is 0 Å². The number of halogens is 3. The first-order valence-corrected chi connectivity index (χ1v) is 12.4. The van der Waals surface area contributed by atoms with Crippen LogP contribution in [0.5, 0.6) is 0 Å². The normalized spacial score (nSPS) is 12.0. The summed E-state index contributed by atoms with van der Waals surface area (Å²) < 4.78 is 0. The first kappa shape index (κ1) is 9.41. The fourth-order valence-corrected chi connectivity index (χ4v) is 4.04. The predicted molar refractivity (Wildman–Crippen MR) is 43.0 cm³/mol. The zero-order chi connectivity index (χ0) is 6.62. The van der Waals surface area contributed by atoms with E-state index in [0.29, 0.717) is 0 Å². The molecule has 0 aliphatic carbocycles. The van der Waals surface area contributed by atoms with Crippen molar-refractivity contribution in [2.75, 3.05) is 0 Å². The van der Waals surface area contributed by atoms with E-state index < -0.39 is 10.5 Å². The average molecular weight is 236 g/mol. The Kier molecular flexibility index (Phi) is 5.02. The van der Waals surface area contributed by atoms with Crippen LogP contribution in [0.15, 0.2) is 0 Å². The van der Waals surface area contributed by atoms with Gasteiger partial charge < -0.3 is 0 Å². The van der Waals surface area contributed by atoms with Crippen LogP contribution in [0, 0.1) is 0 Å². The molecule has 0 aromatic heterocycles. The van der Waals surface area contributed by atoms with Gasteiger partial charge in [0, 0.05) is 0 Å². The molecule has 0 saturated carbocycles. The molecular weight excluding hydrogens is 227 g/mol. The molecule has 0 radical (unpaired) electrons. The molecule has 0 fully saturated rings. The van der Waals surface area contributed by atoms with Crippen LogP contribution in [-0.2, 0) is 0 Å². The van der Waals surface area contributed by atoms with Gasteiger partial charge in [0.05, 0.1) is 0 Å². The molecule has 0 nitrogen and oxygen atoms in total. The topological polar surface area (TPSA) is 0 Å². The molecule has 8 heavy (non-hydrogen) atoms. The van der Waals surface area contributed by atoms with E-state index in [0.717, 1.165) is 18.1 Å². The molecule has 0 aromatic rings. The van der Waals surface area contributed by atoms with Crippen LogP contribution in [0.2, 0.25) is 5.25 Å². The second-order valence-electron chi connectivity index (χ2n) is 1.72. The third-order valence-electron chi connectivity index (χ3n) is 0.814. The quantitative estimate of drug-likeness (QED) is 0.658. The van der Waals surface area contributed by atoms with E-state index in [-0.39, 0.29) is 0 Å². The summed E-state index contributed by atoms with van der Waals surface area (Å²) in [4.78, 5) is 0. The van der Waals surface area contributed by atoms with Crippen LogP contribution >= 0.6 is 30.0 Å². The van der Waals surface area contributed by atoms with Gasteiger partial charge in [-0.2, -0.15) is 0 Å². The Hall–Kier alpha value is 1.41. The molecule has 0 N–H and O–H groups in total. The predicted octanol–water partition coefficient (Wildman–Crippen LogP) is 3.44. The monoisotopic (exact) mass is 236 g/mol. The summed E-state index contributed by atoms with van der Waals surface area (Å²) in [6.45, 7) is 2.10. The van der Waals surface area contributed by atoms with Gasteiger partial charge in [-0.3, -0.25) is 0 Å². The van der Waals surface area contributed by atoms with Gasteiger partial charge in [0.1, 0.15) is 0 Å². The van der Waals surface area contributed by atoms with Gasteiger partial charge in [0.2, 0.25) is 0 Å². The zero-order valence-corrected chi connectivity index (χ0v) is 9.12. The standard InChI is InChI=1S/C4H9Cl3Ge/c1-2-3-4-8(5,6)7/h2-4H2,1H3. The van der Waals surface area contributed by atoms with Gasteiger partial charge in [-0.25, -0.2) is 0 Å². The molecule has 0 saturated heterocycles. The number of rotatable bonds is 3. The van der Waals surface area contributed by atoms with Crippen molar-refractivity contribution < 1.29 is 0 Å². The van der Waals surface area contributed by atoms with Crippen LogP contribution in [-0.4, -0.2) is 10.5 Å². The van der Waals surface area contributed by atoms with Crippen LogP contribution < -0.4 is 0 Å². The molecule has 0 bridgehead atoms. The Morgan fingerprint density at radius 3 is 1.88 bits per heavy atom. The Morgan fingerprint density at radius 1 is 1.25 bits per heavy atom. The van der Waals surface area contributed by atoms with E-state index in [4.69, 9.17) is 30.0 Å². The maximum atomic E-state index is 5.63. The molecule has 0 atom stereocenters. The van der Waals surface area contributed by atoms with E-state index in [1.165, 1.54) is 0 Å². The van der Waals surface area contributed by atoms with Crippen molar-refractivity contribution in [1.29, 1.82) is 0 Å². The fourth-order valence-electron chi connectivity index (χ4n) is 0.377. The summed E-state index contributed by atoms with van der Waals surface area (Å²) in [5, 5.41) is 0.848. The Morgan fingerprint density at radius 2 is 1.75 bits per heavy atom. The number of hydrogen-bond donors (Lipinski definition) is 0. The second-order valence-corrected chi connectivity index (χ2v) is 18.4. The first-order valence-electron chi connectivity index (χ1n) is 2.63. The third-order valence-corrected chi connectivity index (χ3v) is 5.69. The van der Waals surface area contributed by atoms with Crippen molar-refractivity contribution in [3.05, 3.63) is 0 Å². The van der Waals surface area contributed by atoms with E-state index in [9.17, 15) is 0 Å². The molecule has 0 unspecified atom stereocenters. The molecule has 0 aliphatic heterocycles. The SMILES string of the molecule is CCC[CH2][Ge]([Cl])([Cl])[Cl]. The zero-order valence-electron chi connectivity index (χ0n) is 4.76. The van der Waals surface area contributed by atoms with Crippen molar-refractivity contribution in [3.8, 4) is 0 Å². The van der Waals surface area contributed by atoms with Gasteiger partial charge >= 0.3 is 65.5 Å². The van der Waals surface area contributed by atoms with Crippen molar-refractivity contribution >= 4 is 40.5 Å². The molecule has 0 aromatic carbocycles. The Bertz CT molecular complexity index is 58.8. The van der Waals surface area contributed by atoms with Crippen molar-refractivity contribution in [2.24, 2.45) is 0 Å². The molecule has 0 heterocycles. The number of unbranched alkanes of at least 4 members (excludes halogenated alkanes) is 1. The van der Waals surface area contributed by atoms with Gasteiger partial charge in [-0.15, -0.1) is 0 Å². The Balaban J connectivity index is 3.11. The average Bonchev–Trinajstić information content (AvgIpc) is 1.59. The van der Waals surface area contributed by atoms with Gasteiger partial charge in [0.15, 0.2) is 0 Å². The summed E-state index contributed by atoms with van der Waals surface area (Å²) in [6, 6.07) is 0. The van der Waals surface area contributed by atoms with Crippen LogP contribution in [0.25, 0.3) is 0 Å². The molecule has 4 heteroatoms. The second kappa shape index (κ2) is 4.26. The van der Waals surface area contributed by atoms with E-state index in [1.54, 1.807) is 0 Å². The first-order chi connectivity index (χ1) is 3.56. The molecule has 0 amide bonds. The minimum atomic E-state index is -2.69. The number of hydrogen-bond acceptors (Lipinski definition) is 0. The Labute approximate surface area is 65.4 Å². The van der Waals surface area contributed by atoms with Crippen molar-refractivity contribution in [1.82, 2.24) is 0 Å². The third kappa shape index (κ3) is 7.41. The molecule has 0 spiro atoms. The van der Waals surface area contributed by atoms with Crippen molar-refractivity contribution in [2.45, 2.75) is 25.0 Å².